The van der Waals surface area contributed by atoms with E-state index in [4.69, 9.17) is 4.74 Å². The van der Waals surface area contributed by atoms with Gasteiger partial charge in [-0.15, -0.1) is 0 Å². The van der Waals surface area contributed by atoms with Gasteiger partial charge in [-0.25, -0.2) is 4.98 Å². The number of hydrogen-bond donors (Lipinski definition) is 1. The molecule has 25 heavy (non-hydrogen) atoms. The number of nitrogens with zero attached hydrogens (tertiary/aromatic N) is 2. The third-order valence-corrected chi connectivity index (χ3v) is 4.30. The van der Waals surface area contributed by atoms with Crippen LogP contribution in [0.25, 0.3) is 11.0 Å². The van der Waals surface area contributed by atoms with Crippen LogP contribution in [0.3, 0.4) is 0 Å². The summed E-state index contributed by atoms with van der Waals surface area (Å²) in [7, 11) is 0. The molecule has 0 bridgehead atoms. The number of aromatic nitrogens is 2. The van der Waals surface area contributed by atoms with E-state index in [-0.39, 0.29) is 24.1 Å². The van der Waals surface area contributed by atoms with Crippen LogP contribution in [0.1, 0.15) is 5.56 Å². The second-order valence-electron chi connectivity index (χ2n) is 6.03. The Labute approximate surface area is 144 Å². The van der Waals surface area contributed by atoms with Crippen molar-refractivity contribution in [3.05, 3.63) is 70.6 Å². The van der Waals surface area contributed by atoms with Gasteiger partial charge in [0.15, 0.2) is 0 Å². The van der Waals surface area contributed by atoms with E-state index < -0.39 is 0 Å². The number of carbonyl (C=O) groups is 1. The molecule has 1 amide bonds. The highest BCUT2D eigenvalue weighted by Crippen LogP contribution is 2.27. The third-order valence-electron chi connectivity index (χ3n) is 4.30. The van der Waals surface area contributed by atoms with Gasteiger partial charge in [0, 0.05) is 6.42 Å². The van der Waals surface area contributed by atoms with Gasteiger partial charge in [-0.2, -0.15) is 0 Å². The SMILES string of the molecule is O=C(Cn1c(=O)cnc2ccccc21)NCC1Cc2ccccc2O1. The van der Waals surface area contributed by atoms with E-state index in [2.05, 4.69) is 10.3 Å². The maximum absolute atomic E-state index is 12.3. The van der Waals surface area contributed by atoms with E-state index in [1.807, 2.05) is 42.5 Å². The highest BCUT2D eigenvalue weighted by molar-refractivity contribution is 5.79. The molecule has 1 aliphatic rings. The first-order valence-electron chi connectivity index (χ1n) is 8.16. The predicted molar refractivity (Wildman–Crippen MR) is 93.6 cm³/mol. The van der Waals surface area contributed by atoms with Gasteiger partial charge in [0.2, 0.25) is 5.91 Å². The third kappa shape index (κ3) is 3.10. The first kappa shape index (κ1) is 15.4. The van der Waals surface area contributed by atoms with Gasteiger partial charge in [0.05, 0.1) is 23.8 Å². The summed E-state index contributed by atoms with van der Waals surface area (Å²) < 4.78 is 7.24. The topological polar surface area (TPSA) is 73.2 Å². The number of nitrogens with one attached hydrogen (secondary N) is 1. The van der Waals surface area contributed by atoms with Crippen LogP contribution < -0.4 is 15.6 Å². The summed E-state index contributed by atoms with van der Waals surface area (Å²) in [6, 6.07) is 15.1. The molecule has 0 saturated heterocycles. The van der Waals surface area contributed by atoms with E-state index in [1.54, 1.807) is 6.07 Å². The molecule has 1 unspecified atom stereocenters. The Balaban J connectivity index is 1.42. The molecule has 2 aromatic carbocycles. The fourth-order valence-corrected chi connectivity index (χ4v) is 3.07. The predicted octanol–water partition coefficient (Wildman–Crippen LogP) is 1.52. The largest absolute Gasteiger partial charge is 0.488 e. The highest BCUT2D eigenvalue weighted by atomic mass is 16.5. The Hall–Kier alpha value is -3.15. The van der Waals surface area contributed by atoms with Crippen molar-refractivity contribution in [1.82, 2.24) is 14.9 Å². The van der Waals surface area contributed by atoms with Crippen molar-refractivity contribution in [3.8, 4) is 5.75 Å². The Morgan fingerprint density at radius 3 is 2.88 bits per heavy atom. The van der Waals surface area contributed by atoms with Crippen LogP contribution in [0.4, 0.5) is 0 Å². The van der Waals surface area contributed by atoms with Gasteiger partial charge in [0.1, 0.15) is 18.4 Å². The zero-order valence-electron chi connectivity index (χ0n) is 13.5. The maximum atomic E-state index is 12.3. The molecule has 2 heterocycles. The molecule has 3 aromatic rings. The molecule has 1 aliphatic heterocycles. The van der Waals surface area contributed by atoms with Crippen LogP contribution in [0.2, 0.25) is 0 Å². The Morgan fingerprint density at radius 1 is 1.20 bits per heavy atom. The minimum atomic E-state index is -0.293. The summed E-state index contributed by atoms with van der Waals surface area (Å²) in [5.74, 6) is 0.649. The number of hydrogen-bond acceptors (Lipinski definition) is 4. The summed E-state index contributed by atoms with van der Waals surface area (Å²) >= 11 is 0. The Morgan fingerprint density at radius 2 is 2.00 bits per heavy atom. The van der Waals surface area contributed by atoms with Gasteiger partial charge in [-0.1, -0.05) is 30.3 Å². The van der Waals surface area contributed by atoms with Gasteiger partial charge in [-0.3, -0.25) is 14.2 Å². The summed E-state index contributed by atoms with van der Waals surface area (Å²) in [6.07, 6.45) is 1.94. The molecular formula is C19H17N3O3. The van der Waals surface area contributed by atoms with Crippen molar-refractivity contribution in [2.75, 3.05) is 6.54 Å². The zero-order valence-corrected chi connectivity index (χ0v) is 13.5. The van der Waals surface area contributed by atoms with Gasteiger partial charge in [-0.05, 0) is 23.8 Å². The normalized spacial score (nSPS) is 15.6. The minimum absolute atomic E-state index is 0.0401. The van der Waals surface area contributed by atoms with Gasteiger partial charge in [0.25, 0.3) is 5.56 Å². The lowest BCUT2D eigenvalue weighted by Gasteiger charge is -2.13. The number of carbonyl (C=O) groups excluding carboxylic acids is 1. The first-order valence-corrected chi connectivity index (χ1v) is 8.16. The number of ether oxygens (including phenoxy) is 1. The van der Waals surface area contributed by atoms with Crippen molar-refractivity contribution in [3.63, 3.8) is 0 Å². The average Bonchev–Trinajstić information content (AvgIpc) is 3.05. The highest BCUT2D eigenvalue weighted by Gasteiger charge is 2.22. The van der Waals surface area contributed by atoms with E-state index in [0.29, 0.717) is 17.6 Å². The quantitative estimate of drug-likeness (QED) is 0.784. The van der Waals surface area contributed by atoms with Crippen molar-refractivity contribution in [1.29, 1.82) is 0 Å². The lowest BCUT2D eigenvalue weighted by molar-refractivity contribution is -0.122. The van der Waals surface area contributed by atoms with Crippen molar-refractivity contribution in [2.45, 2.75) is 19.1 Å². The molecule has 6 heteroatoms. The van der Waals surface area contributed by atoms with Gasteiger partial charge >= 0.3 is 0 Å². The number of rotatable bonds is 4. The van der Waals surface area contributed by atoms with E-state index in [9.17, 15) is 9.59 Å². The number of para-hydroxylation sites is 3. The van der Waals surface area contributed by atoms with Crippen LogP contribution >= 0.6 is 0 Å². The van der Waals surface area contributed by atoms with E-state index in [0.717, 1.165) is 17.7 Å². The molecule has 4 rings (SSSR count). The van der Waals surface area contributed by atoms with Crippen LogP contribution in [-0.4, -0.2) is 28.1 Å². The second-order valence-corrected chi connectivity index (χ2v) is 6.03. The molecule has 0 fully saturated rings. The fourth-order valence-electron chi connectivity index (χ4n) is 3.07. The number of benzene rings is 2. The zero-order chi connectivity index (χ0) is 17.2. The molecule has 0 saturated carbocycles. The summed E-state index contributed by atoms with van der Waals surface area (Å²) in [5, 5.41) is 2.86. The molecule has 0 radical (unpaired) electrons. The molecular weight excluding hydrogens is 318 g/mol. The van der Waals surface area contributed by atoms with Crippen LogP contribution in [0, 0.1) is 0 Å². The summed E-state index contributed by atoms with van der Waals surface area (Å²) in [6.45, 7) is 0.368. The molecule has 1 aromatic heterocycles. The molecule has 1 N–H and O–H groups in total. The van der Waals surface area contributed by atoms with Crippen molar-refractivity contribution >= 4 is 16.9 Å². The lowest BCUT2D eigenvalue weighted by Crippen LogP contribution is -2.38. The number of fused-ring (bicyclic) bond motifs is 2. The van der Waals surface area contributed by atoms with E-state index in [1.165, 1.54) is 10.8 Å². The summed E-state index contributed by atoms with van der Waals surface area (Å²) in [4.78, 5) is 28.5. The average molecular weight is 335 g/mol. The molecule has 126 valence electrons. The Bertz CT molecular complexity index is 971. The smallest absolute Gasteiger partial charge is 0.269 e. The minimum Gasteiger partial charge on any atom is -0.488 e. The molecule has 0 spiro atoms. The standard InChI is InChI=1S/C19H17N3O3/c23-18(21-10-14-9-13-5-1-4-8-17(13)25-14)12-22-16-7-3-2-6-15(16)20-11-19(22)24/h1-8,11,14H,9-10,12H2,(H,21,23). The molecule has 1 atom stereocenters. The maximum Gasteiger partial charge on any atom is 0.269 e. The van der Waals surface area contributed by atoms with Gasteiger partial charge < -0.3 is 10.1 Å². The molecule has 0 aliphatic carbocycles. The van der Waals surface area contributed by atoms with Crippen molar-refractivity contribution < 1.29 is 9.53 Å². The van der Waals surface area contributed by atoms with E-state index >= 15 is 0 Å². The lowest BCUT2D eigenvalue weighted by atomic mass is 10.1. The van der Waals surface area contributed by atoms with Crippen LogP contribution in [0.15, 0.2) is 59.5 Å². The van der Waals surface area contributed by atoms with Crippen LogP contribution in [0.5, 0.6) is 5.75 Å². The Kier molecular flexibility index (Phi) is 3.93. The number of amides is 1. The molecule has 6 nitrogen and oxygen atoms in total. The second kappa shape index (κ2) is 6.39. The first-order chi connectivity index (χ1) is 12.2. The summed E-state index contributed by atoms with van der Waals surface area (Å²) in [5.41, 5.74) is 2.19. The van der Waals surface area contributed by atoms with Crippen molar-refractivity contribution in [2.24, 2.45) is 0 Å². The fraction of sp³-hybridized carbons (Fsp3) is 0.211. The van der Waals surface area contributed by atoms with Crippen LogP contribution in [-0.2, 0) is 17.8 Å². The monoisotopic (exact) mass is 335 g/mol.